The van der Waals surface area contributed by atoms with E-state index in [4.69, 9.17) is 11.6 Å². The van der Waals surface area contributed by atoms with Crippen LogP contribution in [0.2, 0.25) is 5.02 Å². The summed E-state index contributed by atoms with van der Waals surface area (Å²) in [7, 11) is 1.87. The summed E-state index contributed by atoms with van der Waals surface area (Å²) in [5.41, 5.74) is 1.13. The number of imidazole rings is 1. The first-order valence-corrected chi connectivity index (χ1v) is 7.32. The molecular formula is C16H14ClN5O. The van der Waals surface area contributed by atoms with Gasteiger partial charge < -0.3 is 9.88 Å². The molecule has 6 nitrogen and oxygen atoms in total. The zero-order valence-electron chi connectivity index (χ0n) is 12.3. The molecule has 0 saturated carbocycles. The van der Waals surface area contributed by atoms with Gasteiger partial charge in [-0.15, -0.1) is 0 Å². The second-order valence-corrected chi connectivity index (χ2v) is 5.38. The number of halogens is 1. The third-order valence-electron chi connectivity index (χ3n) is 3.39. The summed E-state index contributed by atoms with van der Waals surface area (Å²) >= 11 is 5.95. The van der Waals surface area contributed by atoms with Crippen LogP contribution < -0.4 is 5.32 Å². The largest absolute Gasteiger partial charge is 0.337 e. The minimum absolute atomic E-state index is 0.251. The van der Waals surface area contributed by atoms with Crippen LogP contribution in [-0.4, -0.2) is 25.4 Å². The molecule has 0 bridgehead atoms. The lowest BCUT2D eigenvalue weighted by molar-refractivity contribution is 0.0935. The average Bonchev–Trinajstić information content (AvgIpc) is 3.00. The third kappa shape index (κ3) is 3.37. The average molecular weight is 328 g/mol. The molecule has 7 heteroatoms. The van der Waals surface area contributed by atoms with Crippen LogP contribution in [-0.2, 0) is 7.05 Å². The molecule has 0 aliphatic rings. The standard InChI is InChI=1S/C16H14ClN5O/c1-22-9-8-20-15(22)14(11-2-4-12(17)5-3-11)21-16(23)13-10-18-6-7-19-13/h2-10,14H,1H3,(H,21,23). The normalized spacial score (nSPS) is 11.9. The molecule has 1 amide bonds. The van der Waals surface area contributed by atoms with E-state index in [2.05, 4.69) is 20.3 Å². The summed E-state index contributed by atoms with van der Waals surface area (Å²) in [6, 6.07) is 6.86. The fourth-order valence-electron chi connectivity index (χ4n) is 2.23. The van der Waals surface area contributed by atoms with Crippen molar-refractivity contribution in [1.82, 2.24) is 24.8 Å². The van der Waals surface area contributed by atoms with E-state index in [-0.39, 0.29) is 11.6 Å². The minimum atomic E-state index is -0.415. The van der Waals surface area contributed by atoms with Gasteiger partial charge in [0.2, 0.25) is 0 Å². The predicted octanol–water partition coefficient (Wildman–Crippen LogP) is 2.38. The number of aryl methyl sites for hydroxylation is 1. The Bertz CT molecular complexity index is 801. The van der Waals surface area contributed by atoms with Crippen LogP contribution in [0.15, 0.2) is 55.2 Å². The fraction of sp³-hybridized carbons (Fsp3) is 0.125. The molecule has 116 valence electrons. The van der Waals surface area contributed by atoms with Crippen molar-refractivity contribution in [2.45, 2.75) is 6.04 Å². The van der Waals surface area contributed by atoms with Crippen LogP contribution in [0.1, 0.15) is 27.9 Å². The summed E-state index contributed by atoms with van der Waals surface area (Å²) in [6.45, 7) is 0. The van der Waals surface area contributed by atoms with Crippen molar-refractivity contribution in [2.24, 2.45) is 7.05 Å². The van der Waals surface area contributed by atoms with Crippen LogP contribution in [0.3, 0.4) is 0 Å². The van der Waals surface area contributed by atoms with Crippen molar-refractivity contribution in [3.05, 3.63) is 77.4 Å². The zero-order valence-corrected chi connectivity index (χ0v) is 13.1. The summed E-state index contributed by atoms with van der Waals surface area (Å²) in [5.74, 6) is 0.394. The number of benzene rings is 1. The van der Waals surface area contributed by atoms with E-state index >= 15 is 0 Å². The first-order valence-electron chi connectivity index (χ1n) is 6.94. The molecule has 0 aliphatic heterocycles. The van der Waals surface area contributed by atoms with E-state index in [1.165, 1.54) is 18.6 Å². The number of hydrogen-bond acceptors (Lipinski definition) is 4. The van der Waals surface area contributed by atoms with Crippen LogP contribution >= 0.6 is 11.6 Å². The van der Waals surface area contributed by atoms with Crippen LogP contribution in [0, 0.1) is 0 Å². The molecule has 3 rings (SSSR count). The topological polar surface area (TPSA) is 72.7 Å². The van der Waals surface area contributed by atoms with Crippen molar-refractivity contribution < 1.29 is 4.79 Å². The first-order chi connectivity index (χ1) is 11.1. The molecule has 1 aromatic carbocycles. The number of aromatic nitrogens is 4. The second kappa shape index (κ2) is 6.58. The number of carbonyl (C=O) groups excluding carboxylic acids is 1. The smallest absolute Gasteiger partial charge is 0.272 e. The molecule has 0 saturated heterocycles. The van der Waals surface area contributed by atoms with E-state index in [1.807, 2.05) is 29.9 Å². The maximum Gasteiger partial charge on any atom is 0.272 e. The highest BCUT2D eigenvalue weighted by Crippen LogP contribution is 2.22. The molecule has 2 heterocycles. The van der Waals surface area contributed by atoms with Gasteiger partial charge >= 0.3 is 0 Å². The molecule has 3 aromatic rings. The lowest BCUT2D eigenvalue weighted by Gasteiger charge is -2.19. The van der Waals surface area contributed by atoms with Crippen molar-refractivity contribution >= 4 is 17.5 Å². The molecule has 2 aromatic heterocycles. The maximum absolute atomic E-state index is 12.4. The van der Waals surface area contributed by atoms with Gasteiger partial charge in [-0.1, -0.05) is 23.7 Å². The molecular weight excluding hydrogens is 314 g/mol. The summed E-state index contributed by atoms with van der Waals surface area (Å²) in [4.78, 5) is 24.7. The Hall–Kier alpha value is -2.73. The molecule has 1 unspecified atom stereocenters. The molecule has 23 heavy (non-hydrogen) atoms. The van der Waals surface area contributed by atoms with Crippen LogP contribution in [0.4, 0.5) is 0 Å². The summed E-state index contributed by atoms with van der Waals surface area (Å²) < 4.78 is 1.86. The van der Waals surface area contributed by atoms with E-state index in [0.29, 0.717) is 10.8 Å². The molecule has 0 radical (unpaired) electrons. The van der Waals surface area contributed by atoms with Crippen molar-refractivity contribution in [3.63, 3.8) is 0 Å². The minimum Gasteiger partial charge on any atom is -0.337 e. The first kappa shape index (κ1) is 15.2. The SMILES string of the molecule is Cn1ccnc1C(NC(=O)c1cnccn1)c1ccc(Cl)cc1. The fourth-order valence-corrected chi connectivity index (χ4v) is 2.35. The Morgan fingerprint density at radius 2 is 1.96 bits per heavy atom. The van der Waals surface area contributed by atoms with Gasteiger partial charge in [-0.25, -0.2) is 9.97 Å². The predicted molar refractivity (Wildman–Crippen MR) is 86.0 cm³/mol. The highest BCUT2D eigenvalue weighted by Gasteiger charge is 2.22. The number of rotatable bonds is 4. The Morgan fingerprint density at radius 3 is 2.57 bits per heavy atom. The molecule has 0 fully saturated rings. The highest BCUT2D eigenvalue weighted by atomic mass is 35.5. The Morgan fingerprint density at radius 1 is 1.17 bits per heavy atom. The van der Waals surface area contributed by atoms with E-state index in [1.54, 1.807) is 18.3 Å². The number of carbonyl (C=O) groups is 1. The second-order valence-electron chi connectivity index (χ2n) is 4.95. The number of amides is 1. The van der Waals surface area contributed by atoms with Gasteiger partial charge in [-0.3, -0.25) is 9.78 Å². The number of hydrogen-bond donors (Lipinski definition) is 1. The quantitative estimate of drug-likeness (QED) is 0.798. The highest BCUT2D eigenvalue weighted by molar-refractivity contribution is 6.30. The molecule has 0 aliphatic carbocycles. The van der Waals surface area contributed by atoms with Gasteiger partial charge in [-0.05, 0) is 17.7 Å². The van der Waals surface area contributed by atoms with Gasteiger partial charge in [0.15, 0.2) is 0 Å². The van der Waals surface area contributed by atoms with Crippen molar-refractivity contribution in [3.8, 4) is 0 Å². The van der Waals surface area contributed by atoms with Crippen LogP contribution in [0.5, 0.6) is 0 Å². The van der Waals surface area contributed by atoms with Gasteiger partial charge in [-0.2, -0.15) is 0 Å². The number of nitrogens with zero attached hydrogens (tertiary/aromatic N) is 4. The van der Waals surface area contributed by atoms with Gasteiger partial charge in [0.25, 0.3) is 5.91 Å². The van der Waals surface area contributed by atoms with Crippen molar-refractivity contribution in [1.29, 1.82) is 0 Å². The molecule has 1 atom stereocenters. The number of nitrogens with one attached hydrogen (secondary N) is 1. The van der Waals surface area contributed by atoms with Crippen molar-refractivity contribution in [2.75, 3.05) is 0 Å². The summed E-state index contributed by atoms with van der Waals surface area (Å²) in [5, 5.41) is 3.58. The van der Waals surface area contributed by atoms with E-state index in [9.17, 15) is 4.79 Å². The maximum atomic E-state index is 12.4. The monoisotopic (exact) mass is 327 g/mol. The third-order valence-corrected chi connectivity index (χ3v) is 3.64. The van der Waals surface area contributed by atoms with E-state index in [0.717, 1.165) is 5.56 Å². The summed E-state index contributed by atoms with van der Waals surface area (Å²) in [6.07, 6.45) is 7.94. The molecule has 1 N–H and O–H groups in total. The Kier molecular flexibility index (Phi) is 4.34. The van der Waals surface area contributed by atoms with Gasteiger partial charge in [0.05, 0.1) is 6.20 Å². The van der Waals surface area contributed by atoms with E-state index < -0.39 is 6.04 Å². The lowest BCUT2D eigenvalue weighted by atomic mass is 10.1. The van der Waals surface area contributed by atoms with Gasteiger partial charge in [0.1, 0.15) is 17.6 Å². The Labute approximate surface area is 138 Å². The lowest BCUT2D eigenvalue weighted by Crippen LogP contribution is -2.31. The Balaban J connectivity index is 1.94. The zero-order chi connectivity index (χ0) is 16.2. The van der Waals surface area contributed by atoms with Gasteiger partial charge in [0, 0.05) is 36.9 Å². The van der Waals surface area contributed by atoms with Crippen LogP contribution in [0.25, 0.3) is 0 Å². The molecule has 0 spiro atoms.